The Kier molecular flexibility index (Phi) is 5.05. The fourth-order valence-corrected chi connectivity index (χ4v) is 2.48. The first-order valence-electron chi connectivity index (χ1n) is 7.44. The third-order valence-corrected chi connectivity index (χ3v) is 3.86. The predicted molar refractivity (Wildman–Crippen MR) is 94.3 cm³/mol. The number of nitrogens with zero attached hydrogens (tertiary/aromatic N) is 1. The maximum Gasteiger partial charge on any atom is 0.263 e. The van der Waals surface area contributed by atoms with Crippen molar-refractivity contribution < 1.29 is 18.6 Å². The van der Waals surface area contributed by atoms with Gasteiger partial charge in [0.2, 0.25) is 0 Å². The summed E-state index contributed by atoms with van der Waals surface area (Å²) in [6.45, 7) is 0. The Morgan fingerprint density at radius 2 is 1.56 bits per heavy atom. The zero-order chi connectivity index (χ0) is 17.8. The molecule has 4 nitrogen and oxygen atoms in total. The molecule has 0 bridgehead atoms. The van der Waals surface area contributed by atoms with Crippen LogP contribution in [0.15, 0.2) is 54.6 Å². The van der Waals surface area contributed by atoms with Crippen LogP contribution in [0.25, 0.3) is 11.3 Å². The highest BCUT2D eigenvalue weighted by Crippen LogP contribution is 2.36. The van der Waals surface area contributed by atoms with Crippen molar-refractivity contribution in [3.8, 4) is 34.4 Å². The molecule has 0 radical (unpaired) electrons. The number of methoxy groups -OCH3 is 2. The van der Waals surface area contributed by atoms with E-state index in [1.807, 2.05) is 0 Å². The lowest BCUT2D eigenvalue weighted by Gasteiger charge is -2.13. The smallest absolute Gasteiger partial charge is 0.263 e. The molecule has 128 valence electrons. The Bertz CT molecular complexity index is 902. The molecule has 0 aliphatic carbocycles. The van der Waals surface area contributed by atoms with Crippen molar-refractivity contribution in [1.82, 2.24) is 4.98 Å². The molecule has 0 saturated heterocycles. The first-order valence-corrected chi connectivity index (χ1v) is 7.82. The minimum absolute atomic E-state index is 0.142. The van der Waals surface area contributed by atoms with Gasteiger partial charge in [-0.2, -0.15) is 0 Å². The summed E-state index contributed by atoms with van der Waals surface area (Å²) in [5.74, 6) is 0.676. The van der Waals surface area contributed by atoms with Crippen LogP contribution in [0.1, 0.15) is 0 Å². The highest BCUT2D eigenvalue weighted by atomic mass is 35.5. The number of hydrogen-bond acceptors (Lipinski definition) is 4. The molecule has 0 saturated carbocycles. The monoisotopic (exact) mass is 359 g/mol. The van der Waals surface area contributed by atoms with E-state index in [9.17, 15) is 4.39 Å². The van der Waals surface area contributed by atoms with Crippen LogP contribution in [0.3, 0.4) is 0 Å². The van der Waals surface area contributed by atoms with Gasteiger partial charge in [-0.15, -0.1) is 0 Å². The van der Waals surface area contributed by atoms with Crippen LogP contribution >= 0.6 is 11.6 Å². The van der Waals surface area contributed by atoms with E-state index in [1.54, 1.807) is 54.6 Å². The molecule has 3 aromatic rings. The molecular formula is C19H15ClFNO3. The number of para-hydroxylation sites is 1. The van der Waals surface area contributed by atoms with Gasteiger partial charge in [0, 0.05) is 5.56 Å². The van der Waals surface area contributed by atoms with E-state index in [-0.39, 0.29) is 11.6 Å². The average molecular weight is 360 g/mol. The summed E-state index contributed by atoms with van der Waals surface area (Å²) in [6.07, 6.45) is 0. The molecule has 0 N–H and O–H groups in total. The molecule has 0 aliphatic rings. The Morgan fingerprint density at radius 3 is 2.28 bits per heavy atom. The maximum absolute atomic E-state index is 14.5. The van der Waals surface area contributed by atoms with Crippen molar-refractivity contribution >= 4 is 11.6 Å². The van der Waals surface area contributed by atoms with Gasteiger partial charge in [0.05, 0.1) is 24.9 Å². The quantitative estimate of drug-likeness (QED) is 0.615. The lowest BCUT2D eigenvalue weighted by molar-refractivity contribution is 0.370. The van der Waals surface area contributed by atoms with Crippen LogP contribution in [0.5, 0.6) is 23.1 Å². The zero-order valence-electron chi connectivity index (χ0n) is 13.6. The second kappa shape index (κ2) is 7.40. The van der Waals surface area contributed by atoms with E-state index in [4.69, 9.17) is 25.8 Å². The fourth-order valence-electron chi connectivity index (χ4n) is 2.30. The summed E-state index contributed by atoms with van der Waals surface area (Å²) in [5.41, 5.74) is 0.685. The van der Waals surface area contributed by atoms with Crippen LogP contribution in [0, 0.1) is 5.82 Å². The third kappa shape index (κ3) is 3.51. The second-order valence-electron chi connectivity index (χ2n) is 5.06. The largest absolute Gasteiger partial charge is 0.494 e. The fraction of sp³-hybridized carbons (Fsp3) is 0.105. The Balaban J connectivity index is 2.05. The van der Waals surface area contributed by atoms with E-state index in [0.29, 0.717) is 27.8 Å². The SMILES string of the molecule is COc1ccc(-c2cccc(OC)c2F)nc1Oc1ccccc1Cl. The molecule has 0 fully saturated rings. The van der Waals surface area contributed by atoms with Gasteiger partial charge in [-0.25, -0.2) is 9.37 Å². The number of aromatic nitrogens is 1. The molecule has 0 unspecified atom stereocenters. The van der Waals surface area contributed by atoms with Crippen molar-refractivity contribution in [2.45, 2.75) is 0 Å². The van der Waals surface area contributed by atoms with E-state index >= 15 is 0 Å². The summed E-state index contributed by atoms with van der Waals surface area (Å²) in [4.78, 5) is 4.38. The van der Waals surface area contributed by atoms with Crippen LogP contribution in [-0.2, 0) is 0 Å². The van der Waals surface area contributed by atoms with Gasteiger partial charge in [-0.05, 0) is 36.4 Å². The lowest BCUT2D eigenvalue weighted by Crippen LogP contribution is -1.97. The maximum atomic E-state index is 14.5. The zero-order valence-corrected chi connectivity index (χ0v) is 14.4. The van der Waals surface area contributed by atoms with E-state index < -0.39 is 5.82 Å². The van der Waals surface area contributed by atoms with Gasteiger partial charge in [0.1, 0.15) is 5.75 Å². The molecule has 6 heteroatoms. The molecule has 1 heterocycles. The predicted octanol–water partition coefficient (Wildman–Crippen LogP) is 5.35. The number of ether oxygens (including phenoxy) is 3. The normalized spacial score (nSPS) is 10.4. The number of benzene rings is 2. The standard InChI is InChI=1S/C19H15ClFNO3/c1-23-16-9-5-6-12(18(16)21)14-10-11-17(24-2)19(22-14)25-15-8-4-3-7-13(15)20/h3-11H,1-2H3. The van der Waals surface area contributed by atoms with E-state index in [0.717, 1.165) is 0 Å². The molecule has 0 amide bonds. The summed E-state index contributed by atoms with van der Waals surface area (Å²) < 4.78 is 30.6. The number of pyridine rings is 1. The van der Waals surface area contributed by atoms with Gasteiger partial charge in [-0.3, -0.25) is 0 Å². The van der Waals surface area contributed by atoms with E-state index in [1.165, 1.54) is 14.2 Å². The van der Waals surface area contributed by atoms with Gasteiger partial charge in [0.25, 0.3) is 5.88 Å². The Morgan fingerprint density at radius 1 is 0.840 bits per heavy atom. The molecular weight excluding hydrogens is 345 g/mol. The van der Waals surface area contributed by atoms with Crippen LogP contribution in [-0.4, -0.2) is 19.2 Å². The molecule has 2 aromatic carbocycles. The highest BCUT2D eigenvalue weighted by molar-refractivity contribution is 6.32. The third-order valence-electron chi connectivity index (χ3n) is 3.55. The van der Waals surface area contributed by atoms with Gasteiger partial charge < -0.3 is 14.2 Å². The molecule has 3 rings (SSSR count). The van der Waals surface area contributed by atoms with Gasteiger partial charge >= 0.3 is 0 Å². The Hall–Kier alpha value is -2.79. The van der Waals surface area contributed by atoms with Crippen molar-refractivity contribution in [2.75, 3.05) is 14.2 Å². The van der Waals surface area contributed by atoms with Crippen molar-refractivity contribution in [3.63, 3.8) is 0 Å². The molecule has 1 aromatic heterocycles. The summed E-state index contributed by atoms with van der Waals surface area (Å²) >= 11 is 6.12. The van der Waals surface area contributed by atoms with Gasteiger partial charge in [0.15, 0.2) is 17.3 Å². The number of halogens is 2. The van der Waals surface area contributed by atoms with Crippen LogP contribution in [0.4, 0.5) is 4.39 Å². The lowest BCUT2D eigenvalue weighted by atomic mass is 10.1. The molecule has 0 spiro atoms. The molecule has 0 atom stereocenters. The first-order chi connectivity index (χ1) is 12.1. The average Bonchev–Trinajstić information content (AvgIpc) is 2.64. The molecule has 0 aliphatic heterocycles. The molecule has 25 heavy (non-hydrogen) atoms. The highest BCUT2D eigenvalue weighted by Gasteiger charge is 2.16. The van der Waals surface area contributed by atoms with Gasteiger partial charge in [-0.1, -0.05) is 29.8 Å². The number of hydrogen-bond donors (Lipinski definition) is 0. The van der Waals surface area contributed by atoms with Crippen LogP contribution < -0.4 is 14.2 Å². The summed E-state index contributed by atoms with van der Waals surface area (Å²) in [5, 5.41) is 0.435. The van der Waals surface area contributed by atoms with Crippen molar-refractivity contribution in [1.29, 1.82) is 0 Å². The summed E-state index contributed by atoms with van der Waals surface area (Å²) in [7, 11) is 2.91. The minimum Gasteiger partial charge on any atom is -0.494 e. The van der Waals surface area contributed by atoms with Crippen molar-refractivity contribution in [3.05, 3.63) is 65.4 Å². The first kappa shape index (κ1) is 17.0. The Labute approximate surface area is 149 Å². The van der Waals surface area contributed by atoms with Crippen molar-refractivity contribution in [2.24, 2.45) is 0 Å². The van der Waals surface area contributed by atoms with Crippen LogP contribution in [0.2, 0.25) is 5.02 Å². The number of rotatable bonds is 5. The summed E-state index contributed by atoms with van der Waals surface area (Å²) in [6, 6.07) is 15.2. The minimum atomic E-state index is -0.494. The van der Waals surface area contributed by atoms with E-state index in [2.05, 4.69) is 4.98 Å². The second-order valence-corrected chi connectivity index (χ2v) is 5.47. The topological polar surface area (TPSA) is 40.6 Å².